The third-order valence-electron chi connectivity index (χ3n) is 2.92. The standard InChI is InChI=1S/C13H16BrCl2NO2/c14-10-3-4-11(13(16)12(10)15)17-5-9(18)7-19-6-8-1-2-8/h3-4,8-9,17-18H,1-2,5-7H2. The average molecular weight is 369 g/mol. The molecule has 1 unspecified atom stereocenters. The first-order chi connectivity index (χ1) is 9.08. The Morgan fingerprint density at radius 2 is 2.11 bits per heavy atom. The Bertz CT molecular complexity index is 441. The van der Waals surface area contributed by atoms with Crippen molar-refractivity contribution in [2.45, 2.75) is 18.9 Å². The number of benzene rings is 1. The van der Waals surface area contributed by atoms with Gasteiger partial charge in [0, 0.05) is 17.6 Å². The molecule has 3 nitrogen and oxygen atoms in total. The van der Waals surface area contributed by atoms with Gasteiger partial charge in [0.2, 0.25) is 0 Å². The second-order valence-electron chi connectivity index (χ2n) is 4.74. The monoisotopic (exact) mass is 367 g/mol. The summed E-state index contributed by atoms with van der Waals surface area (Å²) < 4.78 is 6.17. The molecule has 1 fully saturated rings. The minimum atomic E-state index is -0.558. The lowest BCUT2D eigenvalue weighted by Gasteiger charge is -2.15. The number of halogens is 3. The third kappa shape index (κ3) is 4.80. The zero-order chi connectivity index (χ0) is 13.8. The molecule has 19 heavy (non-hydrogen) atoms. The number of anilines is 1. The molecule has 1 atom stereocenters. The van der Waals surface area contributed by atoms with Crippen molar-refractivity contribution in [3.05, 3.63) is 26.7 Å². The van der Waals surface area contributed by atoms with Crippen molar-refractivity contribution < 1.29 is 9.84 Å². The van der Waals surface area contributed by atoms with Crippen LogP contribution >= 0.6 is 39.1 Å². The van der Waals surface area contributed by atoms with E-state index in [1.54, 1.807) is 0 Å². The molecule has 2 N–H and O–H groups in total. The van der Waals surface area contributed by atoms with Crippen LogP contribution in [0.3, 0.4) is 0 Å². The van der Waals surface area contributed by atoms with Crippen molar-refractivity contribution in [1.82, 2.24) is 0 Å². The van der Waals surface area contributed by atoms with Crippen LogP contribution in [-0.4, -0.2) is 31.0 Å². The van der Waals surface area contributed by atoms with Gasteiger partial charge in [0.1, 0.15) is 0 Å². The van der Waals surface area contributed by atoms with Crippen molar-refractivity contribution in [3.8, 4) is 0 Å². The lowest BCUT2D eigenvalue weighted by Crippen LogP contribution is -2.25. The molecule has 0 saturated heterocycles. The van der Waals surface area contributed by atoms with Crippen molar-refractivity contribution in [1.29, 1.82) is 0 Å². The van der Waals surface area contributed by atoms with Gasteiger partial charge < -0.3 is 15.2 Å². The van der Waals surface area contributed by atoms with Gasteiger partial charge >= 0.3 is 0 Å². The molecule has 0 aliphatic heterocycles. The Morgan fingerprint density at radius 3 is 2.79 bits per heavy atom. The molecule has 0 heterocycles. The summed E-state index contributed by atoms with van der Waals surface area (Å²) in [5.41, 5.74) is 0.705. The zero-order valence-electron chi connectivity index (χ0n) is 10.3. The van der Waals surface area contributed by atoms with Gasteiger partial charge in [-0.15, -0.1) is 0 Å². The highest BCUT2D eigenvalue weighted by Crippen LogP contribution is 2.35. The van der Waals surface area contributed by atoms with E-state index in [1.165, 1.54) is 12.8 Å². The maximum atomic E-state index is 9.79. The quantitative estimate of drug-likeness (QED) is 0.716. The maximum Gasteiger partial charge on any atom is 0.0945 e. The van der Waals surface area contributed by atoms with Gasteiger partial charge in [-0.3, -0.25) is 0 Å². The van der Waals surface area contributed by atoms with Crippen LogP contribution in [0.2, 0.25) is 10.0 Å². The van der Waals surface area contributed by atoms with Crippen LogP contribution in [0.25, 0.3) is 0 Å². The van der Waals surface area contributed by atoms with E-state index in [2.05, 4.69) is 21.2 Å². The second-order valence-corrected chi connectivity index (χ2v) is 6.35. The summed E-state index contributed by atoms with van der Waals surface area (Å²) >= 11 is 15.4. The van der Waals surface area contributed by atoms with Gasteiger partial charge in [0.05, 0.1) is 28.4 Å². The highest BCUT2D eigenvalue weighted by molar-refractivity contribution is 9.10. The molecule has 1 aromatic carbocycles. The topological polar surface area (TPSA) is 41.5 Å². The largest absolute Gasteiger partial charge is 0.389 e. The molecule has 1 aromatic rings. The Morgan fingerprint density at radius 1 is 1.37 bits per heavy atom. The summed E-state index contributed by atoms with van der Waals surface area (Å²) in [4.78, 5) is 0. The molecule has 0 bridgehead atoms. The van der Waals surface area contributed by atoms with E-state index in [-0.39, 0.29) is 0 Å². The number of ether oxygens (including phenoxy) is 1. The fraction of sp³-hybridized carbons (Fsp3) is 0.538. The smallest absolute Gasteiger partial charge is 0.0945 e. The van der Waals surface area contributed by atoms with E-state index in [0.29, 0.717) is 34.8 Å². The molecule has 106 valence electrons. The van der Waals surface area contributed by atoms with Gasteiger partial charge in [0.25, 0.3) is 0 Å². The first-order valence-corrected chi connectivity index (χ1v) is 7.76. The number of hydrogen-bond acceptors (Lipinski definition) is 3. The normalized spacial score (nSPS) is 16.4. The lowest BCUT2D eigenvalue weighted by molar-refractivity contribution is 0.0386. The predicted octanol–water partition coefficient (Wildman–Crippen LogP) is 3.96. The van der Waals surface area contributed by atoms with Crippen LogP contribution in [0.15, 0.2) is 16.6 Å². The Hall–Kier alpha value is -0.0000000000000000763. The van der Waals surface area contributed by atoms with E-state index >= 15 is 0 Å². The van der Waals surface area contributed by atoms with E-state index in [9.17, 15) is 5.11 Å². The van der Waals surface area contributed by atoms with E-state index in [4.69, 9.17) is 27.9 Å². The molecule has 0 aromatic heterocycles. The molecule has 1 aliphatic rings. The van der Waals surface area contributed by atoms with Gasteiger partial charge in [-0.05, 0) is 46.8 Å². The summed E-state index contributed by atoms with van der Waals surface area (Å²) in [7, 11) is 0. The van der Waals surface area contributed by atoms with E-state index < -0.39 is 6.10 Å². The second kappa shape index (κ2) is 7.14. The van der Waals surface area contributed by atoms with Crippen molar-refractivity contribution in [3.63, 3.8) is 0 Å². The average Bonchev–Trinajstić information content (AvgIpc) is 3.19. The fourth-order valence-corrected chi connectivity index (χ4v) is 2.45. The molecular weight excluding hydrogens is 353 g/mol. The summed E-state index contributed by atoms with van der Waals surface area (Å²) in [6.45, 7) is 1.47. The van der Waals surface area contributed by atoms with E-state index in [0.717, 1.165) is 11.1 Å². The Balaban J connectivity index is 1.75. The number of nitrogens with one attached hydrogen (secondary N) is 1. The number of rotatable bonds is 7. The van der Waals surface area contributed by atoms with Crippen LogP contribution < -0.4 is 5.32 Å². The Kier molecular flexibility index (Phi) is 5.78. The number of aliphatic hydroxyl groups excluding tert-OH is 1. The first-order valence-electron chi connectivity index (χ1n) is 6.21. The highest BCUT2D eigenvalue weighted by Gasteiger charge is 2.21. The number of hydrogen-bond donors (Lipinski definition) is 2. The summed E-state index contributed by atoms with van der Waals surface area (Å²) in [6.07, 6.45) is 1.94. The van der Waals surface area contributed by atoms with Crippen LogP contribution in [0, 0.1) is 5.92 Å². The van der Waals surface area contributed by atoms with Crippen LogP contribution in [0.1, 0.15) is 12.8 Å². The van der Waals surface area contributed by atoms with Gasteiger partial charge in [-0.2, -0.15) is 0 Å². The maximum absolute atomic E-state index is 9.79. The van der Waals surface area contributed by atoms with Crippen LogP contribution in [-0.2, 0) is 4.74 Å². The number of aliphatic hydroxyl groups is 1. The molecule has 0 radical (unpaired) electrons. The molecule has 2 rings (SSSR count). The highest BCUT2D eigenvalue weighted by atomic mass is 79.9. The molecule has 0 spiro atoms. The van der Waals surface area contributed by atoms with Crippen molar-refractivity contribution in [2.24, 2.45) is 5.92 Å². The summed E-state index contributed by atoms with van der Waals surface area (Å²) in [5, 5.41) is 13.8. The van der Waals surface area contributed by atoms with Gasteiger partial charge in [0.15, 0.2) is 0 Å². The van der Waals surface area contributed by atoms with Crippen molar-refractivity contribution >= 4 is 44.8 Å². The SMILES string of the molecule is OC(CNc1ccc(Br)c(Cl)c1Cl)COCC1CC1. The van der Waals surface area contributed by atoms with Crippen LogP contribution in [0.4, 0.5) is 5.69 Å². The lowest BCUT2D eigenvalue weighted by atomic mass is 10.3. The first kappa shape index (κ1) is 15.4. The predicted molar refractivity (Wildman–Crippen MR) is 82.2 cm³/mol. The molecule has 6 heteroatoms. The molecule has 0 amide bonds. The molecule has 1 saturated carbocycles. The van der Waals surface area contributed by atoms with E-state index in [1.807, 2.05) is 12.1 Å². The molecule has 1 aliphatic carbocycles. The van der Waals surface area contributed by atoms with Gasteiger partial charge in [-0.1, -0.05) is 23.2 Å². The van der Waals surface area contributed by atoms with Crippen LogP contribution in [0.5, 0.6) is 0 Å². The van der Waals surface area contributed by atoms with Crippen molar-refractivity contribution in [2.75, 3.05) is 25.1 Å². The summed E-state index contributed by atoms with van der Waals surface area (Å²) in [6, 6.07) is 3.63. The Labute approximate surface area is 131 Å². The minimum absolute atomic E-state index is 0.339. The summed E-state index contributed by atoms with van der Waals surface area (Å²) in [5.74, 6) is 0.708. The third-order valence-corrected chi connectivity index (χ3v) is 4.70. The van der Waals surface area contributed by atoms with Gasteiger partial charge in [-0.25, -0.2) is 0 Å². The zero-order valence-corrected chi connectivity index (χ0v) is 13.4. The minimum Gasteiger partial charge on any atom is -0.389 e. The fourth-order valence-electron chi connectivity index (χ4n) is 1.60. The molecular formula is C13H16BrCl2NO2.